The van der Waals surface area contributed by atoms with Crippen LogP contribution in [0.4, 0.5) is 13.6 Å². The molecule has 2 heterocycles. The number of nitrogens with one attached hydrogen (secondary N) is 1. The first-order valence-electron chi connectivity index (χ1n) is 20.9. The Labute approximate surface area is 406 Å². The van der Waals surface area contributed by atoms with Crippen LogP contribution < -0.4 is 11.1 Å². The molecular formula is C45H65Cl3F2N8O6S2. The van der Waals surface area contributed by atoms with Crippen LogP contribution in [-0.2, 0) is 50.7 Å². The van der Waals surface area contributed by atoms with Gasteiger partial charge in [-0.3, -0.25) is 9.36 Å². The number of benzene rings is 2. The van der Waals surface area contributed by atoms with Crippen LogP contribution in [0.25, 0.3) is 0 Å². The monoisotopic (exact) mass is 1020 g/mol. The second kappa shape index (κ2) is 24.4. The van der Waals surface area contributed by atoms with Crippen LogP contribution in [0, 0.1) is 13.8 Å². The van der Waals surface area contributed by atoms with E-state index in [0.717, 1.165) is 53.6 Å². The Morgan fingerprint density at radius 3 is 1.47 bits per heavy atom. The second-order valence-corrected chi connectivity index (χ2v) is 22.5. The summed E-state index contributed by atoms with van der Waals surface area (Å²) in [6, 6.07) is 9.80. The van der Waals surface area contributed by atoms with Gasteiger partial charge in [0, 0.05) is 76.6 Å². The van der Waals surface area contributed by atoms with Crippen LogP contribution in [-0.4, -0.2) is 98.0 Å². The first kappa shape index (κ1) is 58.2. The Balaban J connectivity index is 0.000000457. The Kier molecular flexibility index (Phi) is 21.5. The van der Waals surface area contributed by atoms with Gasteiger partial charge in [-0.25, -0.2) is 39.0 Å². The standard InChI is InChI=1S/C25H36ClFN4O4S.C20H28ClFN4O2S.ClH/c1-16(2)23-20(13-18-9-10-22(21(26)14-18)36(33,34)30(7)8)17(3)29-31(23)15-19(27)11-12-28-24(32)35-25(4,5)6;1-13(2)20-17(14(3)24-26(20)12-16(22)8-9-23)10-15-6-7-19(18(21)11-15)29(27,28)25(4)5;/h9-11,14,16H,12-13,15H2,1-8H3,(H,28,32);6-8,11,13H,9-10,12,23H2,1-5H3;1H/b19-11-;16-8-;. The summed E-state index contributed by atoms with van der Waals surface area (Å²) < 4.78 is 89.0. The van der Waals surface area contributed by atoms with E-state index >= 15 is 0 Å². The number of aromatic nitrogens is 4. The summed E-state index contributed by atoms with van der Waals surface area (Å²) >= 11 is 12.6. The molecule has 0 spiro atoms. The van der Waals surface area contributed by atoms with Gasteiger partial charge in [0.05, 0.1) is 34.5 Å². The van der Waals surface area contributed by atoms with Crippen LogP contribution in [0.15, 0.2) is 70.0 Å². The molecule has 0 unspecified atom stereocenters. The Bertz CT molecular complexity index is 2600. The van der Waals surface area contributed by atoms with Crippen LogP contribution >= 0.6 is 35.6 Å². The van der Waals surface area contributed by atoms with E-state index in [1.54, 1.807) is 54.4 Å². The number of ether oxygens (including phenoxy) is 1. The van der Waals surface area contributed by atoms with Crippen LogP contribution in [0.1, 0.15) is 105 Å². The molecular weight excluding hydrogens is 957 g/mol. The molecule has 0 saturated heterocycles. The third-order valence-electron chi connectivity index (χ3n) is 9.86. The zero-order valence-electron chi connectivity index (χ0n) is 40.0. The first-order valence-corrected chi connectivity index (χ1v) is 24.5. The van der Waals surface area contributed by atoms with Gasteiger partial charge in [-0.05, 0) is 94.0 Å². The van der Waals surface area contributed by atoms with E-state index in [2.05, 4.69) is 15.5 Å². The predicted molar refractivity (Wildman–Crippen MR) is 261 cm³/mol. The number of hydrogen-bond acceptors (Lipinski definition) is 9. The number of alkyl carbamates (subject to hydrolysis) is 1. The fourth-order valence-electron chi connectivity index (χ4n) is 6.87. The highest BCUT2D eigenvalue weighted by Crippen LogP contribution is 2.32. The van der Waals surface area contributed by atoms with E-state index in [-0.39, 0.29) is 76.1 Å². The highest BCUT2D eigenvalue weighted by Gasteiger charge is 2.25. The van der Waals surface area contributed by atoms with Gasteiger partial charge in [0.2, 0.25) is 20.0 Å². The van der Waals surface area contributed by atoms with Crippen LogP contribution in [0.3, 0.4) is 0 Å². The van der Waals surface area contributed by atoms with Crippen molar-refractivity contribution < 1.29 is 35.1 Å². The molecule has 0 aliphatic rings. The highest BCUT2D eigenvalue weighted by atomic mass is 35.5. The van der Waals surface area contributed by atoms with E-state index in [1.165, 1.54) is 52.5 Å². The van der Waals surface area contributed by atoms with Crippen LogP contribution in [0.5, 0.6) is 0 Å². The van der Waals surface area contributed by atoms with Crippen molar-refractivity contribution in [3.05, 3.63) is 115 Å². The summed E-state index contributed by atoms with van der Waals surface area (Å²) in [5.74, 6) is -0.591. The molecule has 368 valence electrons. The number of halogens is 5. The van der Waals surface area contributed by atoms with Gasteiger partial charge in [-0.2, -0.15) is 10.2 Å². The molecule has 2 aromatic carbocycles. The molecule has 4 rings (SSSR count). The largest absolute Gasteiger partial charge is 0.444 e. The van der Waals surface area contributed by atoms with Gasteiger partial charge in [-0.15, -0.1) is 12.4 Å². The number of aryl methyl sites for hydroxylation is 2. The molecule has 2 aromatic heterocycles. The maximum atomic E-state index is 14.7. The van der Waals surface area contributed by atoms with E-state index in [1.807, 2.05) is 41.5 Å². The van der Waals surface area contributed by atoms with Crippen molar-refractivity contribution >= 4 is 61.7 Å². The molecule has 0 bridgehead atoms. The molecule has 66 heavy (non-hydrogen) atoms. The number of carbonyl (C=O) groups is 1. The van der Waals surface area contributed by atoms with Gasteiger partial charge < -0.3 is 15.8 Å². The average Bonchev–Trinajstić information content (AvgIpc) is 3.63. The molecule has 3 N–H and O–H groups in total. The van der Waals surface area contributed by atoms with Gasteiger partial charge >= 0.3 is 6.09 Å². The topological polar surface area (TPSA) is 175 Å². The van der Waals surface area contributed by atoms with E-state index in [9.17, 15) is 30.4 Å². The van der Waals surface area contributed by atoms with Gasteiger partial charge in [0.1, 0.15) is 27.0 Å². The third-order valence-corrected chi connectivity index (χ3v) is 14.5. The summed E-state index contributed by atoms with van der Waals surface area (Å²) in [7, 11) is -1.44. The minimum absolute atomic E-state index is 0. The molecule has 0 atom stereocenters. The zero-order valence-corrected chi connectivity index (χ0v) is 43.9. The number of nitrogens with zero attached hydrogens (tertiary/aromatic N) is 6. The molecule has 0 fully saturated rings. The molecule has 4 aromatic rings. The predicted octanol–water partition coefficient (Wildman–Crippen LogP) is 9.23. The summed E-state index contributed by atoms with van der Waals surface area (Å²) in [5, 5.41) is 11.9. The normalized spacial score (nSPS) is 12.8. The summed E-state index contributed by atoms with van der Waals surface area (Å²) in [5.41, 5.74) is 11.7. The number of rotatable bonds is 17. The Morgan fingerprint density at radius 2 is 1.15 bits per heavy atom. The molecule has 14 nitrogen and oxygen atoms in total. The lowest BCUT2D eigenvalue weighted by Crippen LogP contribution is -2.32. The van der Waals surface area contributed by atoms with E-state index < -0.39 is 37.6 Å². The molecule has 0 saturated carbocycles. The first-order chi connectivity index (χ1) is 30.0. The van der Waals surface area contributed by atoms with Crippen molar-refractivity contribution in [1.82, 2.24) is 33.5 Å². The van der Waals surface area contributed by atoms with E-state index in [0.29, 0.717) is 12.8 Å². The fraction of sp³-hybridized carbons (Fsp3) is 0.489. The number of sulfonamides is 2. The van der Waals surface area contributed by atoms with Crippen molar-refractivity contribution in [3.63, 3.8) is 0 Å². The number of carbonyl (C=O) groups excluding carboxylic acids is 1. The lowest BCUT2D eigenvalue weighted by Gasteiger charge is -2.19. The SMILES string of the molecule is Cc1nn(C/C(F)=C/CN)c(C(C)C)c1Cc1ccc(S(=O)(=O)N(C)C)c(Cl)c1.Cc1nn(C/C(F)=C/CNC(=O)OC(C)(C)C)c(C(C)C)c1Cc1ccc(S(=O)(=O)N(C)C)c(Cl)c1.Cl. The van der Waals surface area contributed by atoms with Crippen molar-refractivity contribution in [3.8, 4) is 0 Å². The van der Waals surface area contributed by atoms with Crippen molar-refractivity contribution in [2.45, 2.75) is 115 Å². The van der Waals surface area contributed by atoms with Gasteiger partial charge in [0.15, 0.2) is 0 Å². The maximum Gasteiger partial charge on any atom is 0.407 e. The molecule has 0 radical (unpaired) electrons. The maximum absolute atomic E-state index is 14.7. The highest BCUT2D eigenvalue weighted by molar-refractivity contribution is 7.89. The zero-order chi connectivity index (χ0) is 49.4. The quantitative estimate of drug-likeness (QED) is 0.105. The average molecular weight is 1020 g/mol. The lowest BCUT2D eigenvalue weighted by molar-refractivity contribution is 0.0533. The van der Waals surface area contributed by atoms with Gasteiger partial charge in [0.25, 0.3) is 0 Å². The van der Waals surface area contributed by atoms with Gasteiger partial charge in [-0.1, -0.05) is 63.0 Å². The summed E-state index contributed by atoms with van der Waals surface area (Å²) in [4.78, 5) is 11.9. The lowest BCUT2D eigenvalue weighted by atomic mass is 9.97. The second-order valence-electron chi connectivity index (χ2n) is 17.4. The third kappa shape index (κ3) is 15.6. The smallest absolute Gasteiger partial charge is 0.407 e. The number of nitrogens with two attached hydrogens (primary N) is 1. The molecule has 0 aliphatic carbocycles. The number of hydrogen-bond donors (Lipinski definition) is 2. The van der Waals surface area contributed by atoms with Crippen molar-refractivity contribution in [1.29, 1.82) is 0 Å². The summed E-state index contributed by atoms with van der Waals surface area (Å²) in [6.45, 7) is 17.1. The number of allylic oxidation sites excluding steroid dienone is 2. The fourth-order valence-corrected chi connectivity index (χ4v) is 9.74. The van der Waals surface area contributed by atoms with Crippen molar-refractivity contribution in [2.75, 3.05) is 41.3 Å². The minimum Gasteiger partial charge on any atom is -0.444 e. The van der Waals surface area contributed by atoms with Crippen molar-refractivity contribution in [2.24, 2.45) is 5.73 Å². The van der Waals surface area contributed by atoms with E-state index in [4.69, 9.17) is 33.7 Å². The minimum atomic E-state index is -3.66. The molecule has 0 aliphatic heterocycles. The Morgan fingerprint density at radius 1 is 0.773 bits per heavy atom. The van der Waals surface area contributed by atoms with Crippen LogP contribution in [0.2, 0.25) is 10.0 Å². The molecule has 1 amide bonds. The summed E-state index contributed by atoms with van der Waals surface area (Å²) in [6.07, 6.45) is 2.99. The Hall–Kier alpha value is -3.88. The number of amides is 1. The molecule has 21 heteroatoms.